The summed E-state index contributed by atoms with van der Waals surface area (Å²) in [7, 11) is 0. The van der Waals surface area contributed by atoms with Gasteiger partial charge in [0.1, 0.15) is 13.2 Å². The molecule has 0 fully saturated rings. The van der Waals surface area contributed by atoms with Gasteiger partial charge in [-0.25, -0.2) is 0 Å². The summed E-state index contributed by atoms with van der Waals surface area (Å²) < 4.78 is 16.9. The summed E-state index contributed by atoms with van der Waals surface area (Å²) in [4.78, 5) is 38.3. The molecule has 0 radical (unpaired) electrons. The maximum absolute atomic E-state index is 12.9. The Morgan fingerprint density at radius 2 is 0.519 bits per heavy atom. The highest BCUT2D eigenvalue weighted by atomic mass is 16.6. The molecule has 0 N–H and O–H groups in total. The van der Waals surface area contributed by atoms with E-state index in [1.165, 1.54) is 173 Å². The fourth-order valence-electron chi connectivity index (χ4n) is 9.37. The normalized spacial score (nSPS) is 12.8. The highest BCUT2D eigenvalue weighted by molar-refractivity contribution is 5.71. The van der Waals surface area contributed by atoms with E-state index < -0.39 is 6.10 Å². The first-order valence-corrected chi connectivity index (χ1v) is 33.4. The number of hydrogen-bond acceptors (Lipinski definition) is 6. The molecule has 1 atom stereocenters. The Labute approximate surface area is 489 Å². The van der Waals surface area contributed by atoms with Crippen LogP contribution in [0.5, 0.6) is 0 Å². The highest BCUT2D eigenvalue weighted by Gasteiger charge is 2.19. The molecule has 0 saturated heterocycles. The summed E-state index contributed by atoms with van der Waals surface area (Å²) in [6, 6.07) is 0. The van der Waals surface area contributed by atoms with Crippen molar-refractivity contribution in [1.82, 2.24) is 0 Å². The van der Waals surface area contributed by atoms with E-state index in [0.717, 1.165) is 96.3 Å². The van der Waals surface area contributed by atoms with Gasteiger partial charge in [-0.05, 0) is 89.9 Å². The Morgan fingerprint density at radius 3 is 0.848 bits per heavy atom. The second-order valence-electron chi connectivity index (χ2n) is 22.0. The minimum Gasteiger partial charge on any atom is -0.462 e. The van der Waals surface area contributed by atoms with Crippen LogP contribution >= 0.6 is 0 Å². The molecule has 0 spiro atoms. The second kappa shape index (κ2) is 66.6. The number of allylic oxidation sites excluding steroid dienone is 18. The van der Waals surface area contributed by atoms with E-state index >= 15 is 0 Å². The largest absolute Gasteiger partial charge is 0.462 e. The lowest BCUT2D eigenvalue weighted by atomic mass is 10.0. The van der Waals surface area contributed by atoms with Gasteiger partial charge in [0, 0.05) is 19.3 Å². The van der Waals surface area contributed by atoms with E-state index in [0.29, 0.717) is 19.3 Å². The van der Waals surface area contributed by atoms with Crippen LogP contribution in [-0.4, -0.2) is 37.2 Å². The van der Waals surface area contributed by atoms with Crippen LogP contribution in [0, 0.1) is 0 Å². The lowest BCUT2D eigenvalue weighted by Gasteiger charge is -2.18. The summed E-state index contributed by atoms with van der Waals surface area (Å²) in [5, 5.41) is 0. The van der Waals surface area contributed by atoms with E-state index in [1.54, 1.807) is 0 Å². The predicted octanol–water partition coefficient (Wildman–Crippen LogP) is 23.0. The smallest absolute Gasteiger partial charge is 0.306 e. The van der Waals surface area contributed by atoms with Gasteiger partial charge in [0.15, 0.2) is 6.10 Å². The van der Waals surface area contributed by atoms with Crippen LogP contribution in [0.3, 0.4) is 0 Å². The molecule has 6 heteroatoms. The Balaban J connectivity index is 4.32. The van der Waals surface area contributed by atoms with E-state index in [-0.39, 0.29) is 37.5 Å². The number of unbranched alkanes of at least 4 members (excludes halogenated alkanes) is 31. The fraction of sp³-hybridized carbons (Fsp3) is 0.712. The Kier molecular flexibility index (Phi) is 63.3. The molecular formula is C73H124O6. The number of hydrogen-bond donors (Lipinski definition) is 0. The fourth-order valence-corrected chi connectivity index (χ4v) is 9.37. The molecule has 0 aromatic rings. The maximum atomic E-state index is 12.9. The topological polar surface area (TPSA) is 78.9 Å². The van der Waals surface area contributed by atoms with Crippen molar-refractivity contribution < 1.29 is 28.6 Å². The molecule has 0 saturated carbocycles. The van der Waals surface area contributed by atoms with E-state index in [2.05, 4.69) is 124 Å². The molecule has 0 aliphatic heterocycles. The first-order valence-electron chi connectivity index (χ1n) is 33.4. The van der Waals surface area contributed by atoms with Gasteiger partial charge in [-0.1, -0.05) is 316 Å². The monoisotopic (exact) mass is 1100 g/mol. The van der Waals surface area contributed by atoms with Gasteiger partial charge in [-0.15, -0.1) is 0 Å². The molecule has 452 valence electrons. The number of esters is 3. The molecule has 0 heterocycles. The Bertz CT molecular complexity index is 1590. The molecule has 0 aliphatic rings. The van der Waals surface area contributed by atoms with Gasteiger partial charge in [-0.3, -0.25) is 14.4 Å². The molecule has 0 aromatic heterocycles. The van der Waals surface area contributed by atoms with Crippen LogP contribution in [-0.2, 0) is 28.6 Å². The van der Waals surface area contributed by atoms with Crippen molar-refractivity contribution in [3.05, 3.63) is 109 Å². The molecule has 0 aliphatic carbocycles. The Hall–Kier alpha value is -3.93. The zero-order chi connectivity index (χ0) is 57.1. The van der Waals surface area contributed by atoms with Crippen LogP contribution in [0.25, 0.3) is 0 Å². The minimum absolute atomic E-state index is 0.0998. The first-order chi connectivity index (χ1) is 39.0. The molecular weight excluding hydrogens is 973 g/mol. The van der Waals surface area contributed by atoms with Gasteiger partial charge < -0.3 is 14.2 Å². The third-order valence-electron chi connectivity index (χ3n) is 14.3. The van der Waals surface area contributed by atoms with E-state index in [1.807, 2.05) is 6.08 Å². The zero-order valence-corrected chi connectivity index (χ0v) is 51.9. The predicted molar refractivity (Wildman–Crippen MR) is 343 cm³/mol. The lowest BCUT2D eigenvalue weighted by Crippen LogP contribution is -2.30. The van der Waals surface area contributed by atoms with Crippen LogP contribution in [0.15, 0.2) is 109 Å². The maximum Gasteiger partial charge on any atom is 0.306 e. The van der Waals surface area contributed by atoms with Crippen molar-refractivity contribution in [2.24, 2.45) is 0 Å². The molecule has 1 unspecified atom stereocenters. The van der Waals surface area contributed by atoms with Gasteiger partial charge >= 0.3 is 17.9 Å². The van der Waals surface area contributed by atoms with E-state index in [4.69, 9.17) is 14.2 Å². The second-order valence-corrected chi connectivity index (χ2v) is 22.0. The third kappa shape index (κ3) is 64.8. The SMILES string of the molecule is CC/C=C\C/C=C\C/C=C\C/C=C\C/C=C\CCCCCCCCCCCCCC(=O)OCC(COC(=O)CC/C=C\C/C=C\C/C=C\C/C=C\CC)OC(=O)CCCCCCCCCCCCCCCCCCCCCCC. The standard InChI is InChI=1S/C73H124O6/c1-4-7-10-13-16-19-22-25-27-29-31-33-34-35-36-37-38-40-41-43-45-48-51-54-57-60-63-66-72(75)78-69-70(68-77-71(74)65-62-59-56-53-50-47-24-21-18-15-12-9-6-3)79-73(76)67-64-61-58-55-52-49-46-44-42-39-32-30-28-26-23-20-17-14-11-8-5-2/h7,9-10,12,16,18-19,21,25,27,31,33,35-36,47,50,56,59,70H,4-6,8,11,13-15,17,20,22-24,26,28-30,32,34,37-46,48-49,51-55,57-58,60-69H2,1-3H3/b10-7-,12-9-,19-16-,21-18-,27-25-,33-31-,36-35-,50-47-,59-56-. The van der Waals surface area contributed by atoms with Crippen LogP contribution in [0.2, 0.25) is 0 Å². The number of ether oxygens (including phenoxy) is 3. The van der Waals surface area contributed by atoms with E-state index in [9.17, 15) is 14.4 Å². The average Bonchev–Trinajstić information content (AvgIpc) is 3.45. The van der Waals surface area contributed by atoms with Crippen LogP contribution < -0.4 is 0 Å². The third-order valence-corrected chi connectivity index (χ3v) is 14.3. The van der Waals surface area contributed by atoms with Crippen LogP contribution in [0.4, 0.5) is 0 Å². The van der Waals surface area contributed by atoms with Crippen LogP contribution in [0.1, 0.15) is 316 Å². The number of carbonyl (C=O) groups excluding carboxylic acids is 3. The molecule has 0 aromatic carbocycles. The minimum atomic E-state index is -0.809. The van der Waals surface area contributed by atoms with Gasteiger partial charge in [0.05, 0.1) is 0 Å². The summed E-state index contributed by atoms with van der Waals surface area (Å²) in [5.41, 5.74) is 0. The van der Waals surface area contributed by atoms with Crippen molar-refractivity contribution in [2.45, 2.75) is 322 Å². The summed E-state index contributed by atoms with van der Waals surface area (Å²) in [6.07, 6.45) is 91.2. The molecule has 6 nitrogen and oxygen atoms in total. The summed E-state index contributed by atoms with van der Waals surface area (Å²) in [6.45, 7) is 6.38. The van der Waals surface area contributed by atoms with Crippen molar-refractivity contribution in [3.63, 3.8) is 0 Å². The van der Waals surface area contributed by atoms with Crippen molar-refractivity contribution in [3.8, 4) is 0 Å². The number of carbonyl (C=O) groups is 3. The highest BCUT2D eigenvalue weighted by Crippen LogP contribution is 2.17. The van der Waals surface area contributed by atoms with Gasteiger partial charge in [0.25, 0.3) is 0 Å². The zero-order valence-electron chi connectivity index (χ0n) is 51.9. The van der Waals surface area contributed by atoms with Crippen molar-refractivity contribution in [2.75, 3.05) is 13.2 Å². The lowest BCUT2D eigenvalue weighted by molar-refractivity contribution is -0.166. The summed E-state index contributed by atoms with van der Waals surface area (Å²) >= 11 is 0. The molecule has 0 amide bonds. The summed E-state index contributed by atoms with van der Waals surface area (Å²) in [5.74, 6) is -0.975. The van der Waals surface area contributed by atoms with Crippen molar-refractivity contribution >= 4 is 17.9 Å². The van der Waals surface area contributed by atoms with Gasteiger partial charge in [-0.2, -0.15) is 0 Å². The number of rotatable bonds is 60. The Morgan fingerprint density at radius 1 is 0.266 bits per heavy atom. The molecule has 0 bridgehead atoms. The molecule has 0 rings (SSSR count). The van der Waals surface area contributed by atoms with Gasteiger partial charge in [0.2, 0.25) is 0 Å². The first kappa shape index (κ1) is 75.1. The quantitative estimate of drug-likeness (QED) is 0.0261. The van der Waals surface area contributed by atoms with Crippen molar-refractivity contribution in [1.29, 1.82) is 0 Å². The average molecular weight is 1100 g/mol. The molecule has 79 heavy (non-hydrogen) atoms.